The summed E-state index contributed by atoms with van der Waals surface area (Å²) in [5.74, 6) is 1.77. The van der Waals surface area contributed by atoms with Crippen LogP contribution in [0.25, 0.3) is 0 Å². The monoisotopic (exact) mass is 607 g/mol. The number of hydrogen-bond acceptors (Lipinski definition) is 10. The lowest BCUT2D eigenvalue weighted by Gasteiger charge is -2.40. The number of rotatable bonds is 10. The van der Waals surface area contributed by atoms with Gasteiger partial charge in [-0.2, -0.15) is 0 Å². The molecule has 1 aliphatic carbocycles. The van der Waals surface area contributed by atoms with Crippen LogP contribution < -0.4 is 20.1 Å². The van der Waals surface area contributed by atoms with Crippen molar-refractivity contribution < 1.29 is 33.3 Å². The molecule has 3 N–H and O–H groups in total. The fraction of sp³-hybridized carbons (Fsp3) is 0.500. The van der Waals surface area contributed by atoms with E-state index in [-0.39, 0.29) is 19.7 Å². The maximum atomic E-state index is 13.4. The minimum Gasteiger partial charge on any atom is -0.494 e. The van der Waals surface area contributed by atoms with Crippen molar-refractivity contribution >= 4 is 17.8 Å². The summed E-state index contributed by atoms with van der Waals surface area (Å²) < 4.78 is 22.4. The molecule has 2 atom stereocenters. The third kappa shape index (κ3) is 7.42. The number of carbonyl (C=O) groups is 2. The van der Waals surface area contributed by atoms with E-state index in [1.165, 1.54) is 31.0 Å². The highest BCUT2D eigenvalue weighted by Gasteiger charge is 2.37. The summed E-state index contributed by atoms with van der Waals surface area (Å²) in [5.41, 5.74) is 2.18. The van der Waals surface area contributed by atoms with Crippen LogP contribution in [0.4, 0.5) is 10.6 Å². The smallest absolute Gasteiger partial charge is 0.410 e. The molecule has 0 spiro atoms. The molecule has 0 saturated heterocycles. The highest BCUT2D eigenvalue weighted by molar-refractivity contribution is 5.97. The minimum absolute atomic E-state index is 0.0906. The summed E-state index contributed by atoms with van der Waals surface area (Å²) in [7, 11) is 1.48. The minimum atomic E-state index is -1.08. The van der Waals surface area contributed by atoms with Gasteiger partial charge in [-0.15, -0.1) is 0 Å². The Labute approximate surface area is 257 Å². The number of methoxy groups -OCH3 is 1. The molecule has 0 bridgehead atoms. The number of oxazole rings is 1. The van der Waals surface area contributed by atoms with E-state index in [2.05, 4.69) is 20.6 Å². The van der Waals surface area contributed by atoms with Crippen molar-refractivity contribution in [3.8, 4) is 11.5 Å². The first kappa shape index (κ1) is 31.1. The van der Waals surface area contributed by atoms with Crippen LogP contribution in [0.2, 0.25) is 0 Å². The van der Waals surface area contributed by atoms with Gasteiger partial charge in [-0.1, -0.05) is 6.07 Å². The second-order valence-electron chi connectivity index (χ2n) is 12.3. The van der Waals surface area contributed by atoms with Crippen LogP contribution in [0.1, 0.15) is 73.0 Å². The summed E-state index contributed by atoms with van der Waals surface area (Å²) >= 11 is 0. The van der Waals surface area contributed by atoms with Gasteiger partial charge in [-0.3, -0.25) is 9.69 Å². The quantitative estimate of drug-likeness (QED) is 0.303. The molecule has 12 nitrogen and oxygen atoms in total. The maximum Gasteiger partial charge on any atom is 0.410 e. The van der Waals surface area contributed by atoms with Gasteiger partial charge < -0.3 is 34.4 Å². The third-order valence-electron chi connectivity index (χ3n) is 7.90. The number of amides is 2. The lowest BCUT2D eigenvalue weighted by molar-refractivity contribution is -0.0113. The second kappa shape index (κ2) is 13.1. The summed E-state index contributed by atoms with van der Waals surface area (Å²) in [6.07, 6.45) is 4.93. The van der Waals surface area contributed by atoms with E-state index < -0.39 is 29.7 Å². The molecule has 2 aliphatic rings. The second-order valence-corrected chi connectivity index (χ2v) is 12.3. The number of benzene rings is 1. The average Bonchev–Trinajstić information content (AvgIpc) is 3.39. The Hall–Kier alpha value is -4.32. The van der Waals surface area contributed by atoms with Crippen LogP contribution in [0.15, 0.2) is 41.3 Å². The molecule has 3 heterocycles. The topological polar surface area (TPSA) is 148 Å². The number of nitrogens with zero attached hydrogens (tertiary/aromatic N) is 3. The van der Waals surface area contributed by atoms with Gasteiger partial charge in [0.15, 0.2) is 12.2 Å². The number of ether oxygens (including phenoxy) is 3. The molecule has 3 aromatic rings. The zero-order chi connectivity index (χ0) is 31.4. The Morgan fingerprint density at radius 1 is 1.18 bits per heavy atom. The standard InChI is InChI=1S/C32H41N5O7/c1-19-28(43-18-35-19)17-42-23-10-9-20-12-25(37(16-21(20)11-23)31(40)44-32(2,3)4)26(38)14-34-30(39)24-13-29(33-15-27(24)41-5)36-22-7-6-8-22/h9-11,13,15,18,22,25-26,38H,6-8,12,14,16-17H2,1-5H3,(H,33,36)(H,34,39)/t25-,26+/m0/s1. The molecule has 236 valence electrons. The summed E-state index contributed by atoms with van der Waals surface area (Å²) in [4.78, 5) is 36.6. The fourth-order valence-electron chi connectivity index (χ4n) is 5.20. The van der Waals surface area contributed by atoms with E-state index in [0.717, 1.165) is 29.7 Å². The molecule has 0 unspecified atom stereocenters. The number of aliphatic hydroxyl groups is 1. The highest BCUT2D eigenvalue weighted by atomic mass is 16.6. The van der Waals surface area contributed by atoms with Crippen LogP contribution in [0.5, 0.6) is 11.5 Å². The van der Waals surface area contributed by atoms with Crippen LogP contribution in [0, 0.1) is 6.92 Å². The molecule has 1 fully saturated rings. The Kier molecular flexibility index (Phi) is 9.28. The van der Waals surface area contributed by atoms with Crippen LogP contribution in [-0.2, 0) is 24.3 Å². The number of carbonyl (C=O) groups excluding carboxylic acids is 2. The highest BCUT2D eigenvalue weighted by Crippen LogP contribution is 2.31. The van der Waals surface area contributed by atoms with Gasteiger partial charge in [0.25, 0.3) is 5.91 Å². The first-order valence-corrected chi connectivity index (χ1v) is 14.9. The molecule has 1 saturated carbocycles. The Bertz CT molecular complexity index is 1480. The lowest BCUT2D eigenvalue weighted by atomic mass is 9.91. The van der Waals surface area contributed by atoms with Gasteiger partial charge >= 0.3 is 6.09 Å². The Morgan fingerprint density at radius 3 is 2.64 bits per heavy atom. The number of nitrogens with one attached hydrogen (secondary N) is 2. The van der Waals surface area contributed by atoms with Crippen molar-refractivity contribution in [2.75, 3.05) is 19.0 Å². The molecule has 2 aromatic heterocycles. The number of aryl methyl sites for hydroxylation is 1. The number of aromatic nitrogens is 2. The third-order valence-corrected chi connectivity index (χ3v) is 7.90. The lowest BCUT2D eigenvalue weighted by Crippen LogP contribution is -2.54. The SMILES string of the molecule is COc1cnc(NC2CCC2)cc1C(=O)NC[C@@H](O)[C@@H]1Cc2ccc(OCc3ocnc3C)cc2CN1C(=O)OC(C)(C)C. The first-order valence-electron chi connectivity index (χ1n) is 14.9. The number of hydrogen-bond donors (Lipinski definition) is 3. The first-order chi connectivity index (χ1) is 21.0. The van der Waals surface area contributed by atoms with Crippen molar-refractivity contribution in [3.05, 3.63) is 65.0 Å². The van der Waals surface area contributed by atoms with E-state index in [1.54, 1.807) is 26.8 Å². The van der Waals surface area contributed by atoms with Crippen molar-refractivity contribution in [2.45, 2.75) is 90.3 Å². The predicted molar refractivity (Wildman–Crippen MR) is 162 cm³/mol. The van der Waals surface area contributed by atoms with E-state index in [1.807, 2.05) is 25.1 Å². The largest absolute Gasteiger partial charge is 0.494 e. The fourth-order valence-corrected chi connectivity index (χ4v) is 5.20. The van der Waals surface area contributed by atoms with E-state index in [0.29, 0.717) is 41.1 Å². The van der Waals surface area contributed by atoms with Crippen molar-refractivity contribution in [3.63, 3.8) is 0 Å². The van der Waals surface area contributed by atoms with Crippen molar-refractivity contribution in [1.29, 1.82) is 0 Å². The predicted octanol–water partition coefficient (Wildman–Crippen LogP) is 4.38. The summed E-state index contributed by atoms with van der Waals surface area (Å²) in [6, 6.07) is 7.03. The Morgan fingerprint density at radius 2 is 1.98 bits per heavy atom. The number of fused-ring (bicyclic) bond motifs is 1. The zero-order valence-electron chi connectivity index (χ0n) is 25.9. The van der Waals surface area contributed by atoms with Crippen LogP contribution in [0.3, 0.4) is 0 Å². The van der Waals surface area contributed by atoms with Gasteiger partial charge in [0.1, 0.15) is 29.5 Å². The van der Waals surface area contributed by atoms with Gasteiger partial charge in [-0.25, -0.2) is 14.8 Å². The molecular weight excluding hydrogens is 566 g/mol. The van der Waals surface area contributed by atoms with E-state index in [9.17, 15) is 14.7 Å². The molecular formula is C32H41N5O7. The van der Waals surface area contributed by atoms with Gasteiger partial charge in [0.05, 0.1) is 36.7 Å². The molecule has 0 radical (unpaired) electrons. The Balaban J connectivity index is 1.29. The average molecular weight is 608 g/mol. The maximum absolute atomic E-state index is 13.4. The molecule has 1 aromatic carbocycles. The van der Waals surface area contributed by atoms with E-state index >= 15 is 0 Å². The molecule has 1 aliphatic heterocycles. The molecule has 2 amide bonds. The van der Waals surface area contributed by atoms with E-state index in [4.69, 9.17) is 18.6 Å². The normalized spacial score (nSPS) is 17.2. The summed E-state index contributed by atoms with van der Waals surface area (Å²) in [6.45, 7) is 7.56. The number of aliphatic hydroxyl groups excluding tert-OH is 1. The molecule has 12 heteroatoms. The summed E-state index contributed by atoms with van der Waals surface area (Å²) in [5, 5.41) is 17.5. The zero-order valence-corrected chi connectivity index (χ0v) is 25.9. The van der Waals surface area contributed by atoms with Crippen LogP contribution in [-0.4, -0.2) is 69.4 Å². The van der Waals surface area contributed by atoms with Crippen molar-refractivity contribution in [2.24, 2.45) is 0 Å². The number of pyridine rings is 1. The molecule has 5 rings (SSSR count). The van der Waals surface area contributed by atoms with Gasteiger partial charge in [-0.05, 0) is 82.7 Å². The van der Waals surface area contributed by atoms with Gasteiger partial charge in [0, 0.05) is 19.1 Å². The number of anilines is 1. The van der Waals surface area contributed by atoms with Gasteiger partial charge in [0.2, 0.25) is 0 Å². The molecule has 44 heavy (non-hydrogen) atoms. The van der Waals surface area contributed by atoms with Crippen LogP contribution >= 0.6 is 0 Å². The van der Waals surface area contributed by atoms with Crippen molar-refractivity contribution in [1.82, 2.24) is 20.2 Å².